The quantitative estimate of drug-likeness (QED) is 0.891. The molecule has 2 aromatic rings. The van der Waals surface area contributed by atoms with Crippen LogP contribution in [0.25, 0.3) is 0 Å². The zero-order chi connectivity index (χ0) is 16.5. The first-order valence-electron chi connectivity index (χ1n) is 8.35. The molecule has 6 nitrogen and oxygen atoms in total. The molecule has 4 heterocycles. The highest BCUT2D eigenvalue weighted by Crippen LogP contribution is 2.33. The molecule has 7 heteroatoms. The van der Waals surface area contributed by atoms with E-state index in [1.54, 1.807) is 11.3 Å². The number of nitrogens with zero attached hydrogens (tertiary/aromatic N) is 3. The second kappa shape index (κ2) is 6.66. The Morgan fingerprint density at radius 3 is 3.12 bits per heavy atom. The molecule has 1 amide bonds. The van der Waals surface area contributed by atoms with Gasteiger partial charge in [-0.3, -0.25) is 9.69 Å². The molecule has 128 valence electrons. The molecule has 2 fully saturated rings. The molecule has 0 unspecified atom stereocenters. The van der Waals surface area contributed by atoms with Crippen molar-refractivity contribution in [1.29, 1.82) is 0 Å². The summed E-state index contributed by atoms with van der Waals surface area (Å²) in [5.74, 6) is 0.537. The highest BCUT2D eigenvalue weighted by atomic mass is 32.1. The van der Waals surface area contributed by atoms with Crippen LogP contribution in [0, 0.1) is 5.92 Å². The Labute approximate surface area is 145 Å². The van der Waals surface area contributed by atoms with Crippen molar-refractivity contribution in [2.24, 2.45) is 13.0 Å². The van der Waals surface area contributed by atoms with Crippen LogP contribution in [0.1, 0.15) is 21.9 Å². The number of aryl methyl sites for hydroxylation is 1. The maximum atomic E-state index is 12.2. The molecule has 2 saturated heterocycles. The Hall–Kier alpha value is -1.70. The van der Waals surface area contributed by atoms with Gasteiger partial charge in [0.05, 0.1) is 18.8 Å². The Morgan fingerprint density at radius 1 is 1.50 bits per heavy atom. The lowest BCUT2D eigenvalue weighted by atomic mass is 10.0. The second-order valence-electron chi connectivity index (χ2n) is 6.63. The average molecular weight is 346 g/mol. The first kappa shape index (κ1) is 15.8. The van der Waals surface area contributed by atoms with Gasteiger partial charge in [-0.25, -0.2) is 4.98 Å². The van der Waals surface area contributed by atoms with E-state index in [2.05, 4.69) is 15.2 Å². The minimum Gasteiger partial charge on any atom is -0.371 e. The molecule has 0 spiro atoms. The van der Waals surface area contributed by atoms with Gasteiger partial charge in [-0.15, -0.1) is 11.3 Å². The molecule has 1 N–H and O–H groups in total. The Morgan fingerprint density at radius 2 is 2.42 bits per heavy atom. The first-order chi connectivity index (χ1) is 11.7. The fourth-order valence-corrected chi connectivity index (χ4v) is 4.38. The van der Waals surface area contributed by atoms with E-state index < -0.39 is 0 Å². The highest BCUT2D eigenvalue weighted by molar-refractivity contribution is 7.09. The van der Waals surface area contributed by atoms with Crippen LogP contribution in [-0.2, 0) is 18.3 Å². The van der Waals surface area contributed by atoms with Gasteiger partial charge in [0, 0.05) is 50.4 Å². The minimum absolute atomic E-state index is 0.0337. The number of likely N-dealkylation sites (tertiary alicyclic amines) is 1. The van der Waals surface area contributed by atoms with E-state index in [9.17, 15) is 4.79 Å². The van der Waals surface area contributed by atoms with Crippen LogP contribution in [0.5, 0.6) is 0 Å². The van der Waals surface area contributed by atoms with Crippen LogP contribution in [-0.4, -0.2) is 52.2 Å². The number of aromatic nitrogens is 2. The molecule has 0 saturated carbocycles. The molecular formula is C17H22N4O2S. The third-order valence-electron chi connectivity index (χ3n) is 4.90. The summed E-state index contributed by atoms with van der Waals surface area (Å²) in [7, 11) is 1.88. The lowest BCUT2D eigenvalue weighted by Crippen LogP contribution is -2.34. The van der Waals surface area contributed by atoms with Gasteiger partial charge in [-0.2, -0.15) is 0 Å². The summed E-state index contributed by atoms with van der Waals surface area (Å²) in [5.41, 5.74) is 0.683. The lowest BCUT2D eigenvalue weighted by molar-refractivity contribution is 0.0371. The number of hydrogen-bond donors (Lipinski definition) is 1. The maximum absolute atomic E-state index is 12.2. The SMILES string of the molecule is Cn1cccc1C(=O)NC[C@@H]1C[C@H]2CN(Cc3nccs3)C[C@H]2O1. The van der Waals surface area contributed by atoms with Gasteiger partial charge in [-0.05, 0) is 18.6 Å². The number of nitrogens with one attached hydrogen (secondary N) is 1. The molecule has 4 rings (SSSR count). The van der Waals surface area contributed by atoms with E-state index in [-0.39, 0.29) is 12.0 Å². The maximum Gasteiger partial charge on any atom is 0.267 e. The van der Waals surface area contributed by atoms with Gasteiger partial charge in [0.2, 0.25) is 0 Å². The van der Waals surface area contributed by atoms with Gasteiger partial charge >= 0.3 is 0 Å². The van der Waals surface area contributed by atoms with Gasteiger partial charge in [0.1, 0.15) is 10.7 Å². The minimum atomic E-state index is -0.0337. The van der Waals surface area contributed by atoms with Crippen molar-refractivity contribution in [1.82, 2.24) is 19.8 Å². The summed E-state index contributed by atoms with van der Waals surface area (Å²) < 4.78 is 7.98. The molecule has 0 aromatic carbocycles. The first-order valence-corrected chi connectivity index (χ1v) is 9.22. The van der Waals surface area contributed by atoms with Gasteiger partial charge < -0.3 is 14.6 Å². The summed E-state index contributed by atoms with van der Waals surface area (Å²) in [5, 5.41) is 6.19. The number of amides is 1. The number of thiazole rings is 1. The van der Waals surface area contributed by atoms with Crippen molar-refractivity contribution in [3.05, 3.63) is 40.6 Å². The molecule has 2 aliphatic heterocycles. The standard InChI is InChI=1S/C17H22N4O2S/c1-20-5-2-3-14(20)17(22)19-8-13-7-12-9-21(10-15(12)23-13)11-16-18-4-6-24-16/h2-6,12-13,15H,7-11H2,1H3,(H,19,22)/t12-,13-,15+/m0/s1. The molecule has 2 aromatic heterocycles. The van der Waals surface area contributed by atoms with Crippen LogP contribution >= 0.6 is 11.3 Å². The molecule has 0 bridgehead atoms. The Bertz CT molecular complexity index is 685. The summed E-state index contributed by atoms with van der Waals surface area (Å²) in [6, 6.07) is 3.71. The van der Waals surface area contributed by atoms with E-state index >= 15 is 0 Å². The Kier molecular flexibility index (Phi) is 4.39. The summed E-state index contributed by atoms with van der Waals surface area (Å²) >= 11 is 1.71. The zero-order valence-electron chi connectivity index (χ0n) is 13.7. The molecule has 24 heavy (non-hydrogen) atoms. The monoisotopic (exact) mass is 346 g/mol. The average Bonchev–Trinajstić information content (AvgIpc) is 3.29. The fraction of sp³-hybridized carbons (Fsp3) is 0.529. The fourth-order valence-electron chi connectivity index (χ4n) is 3.73. The van der Waals surface area contributed by atoms with Gasteiger partial charge in [-0.1, -0.05) is 0 Å². The van der Waals surface area contributed by atoms with Gasteiger partial charge in [0.25, 0.3) is 5.91 Å². The Balaban J connectivity index is 1.24. The summed E-state index contributed by atoms with van der Waals surface area (Å²) in [6.45, 7) is 3.53. The van der Waals surface area contributed by atoms with Crippen molar-refractivity contribution in [3.63, 3.8) is 0 Å². The van der Waals surface area contributed by atoms with Crippen LogP contribution in [0.2, 0.25) is 0 Å². The molecular weight excluding hydrogens is 324 g/mol. The van der Waals surface area contributed by atoms with E-state index in [0.29, 0.717) is 24.3 Å². The van der Waals surface area contributed by atoms with E-state index in [4.69, 9.17) is 4.74 Å². The highest BCUT2D eigenvalue weighted by Gasteiger charge is 2.41. The molecule has 3 atom stereocenters. The van der Waals surface area contributed by atoms with E-state index in [1.807, 2.05) is 41.5 Å². The van der Waals surface area contributed by atoms with Gasteiger partial charge in [0.15, 0.2) is 0 Å². The van der Waals surface area contributed by atoms with E-state index in [1.165, 1.54) is 5.01 Å². The smallest absolute Gasteiger partial charge is 0.267 e. The van der Waals surface area contributed by atoms with Crippen molar-refractivity contribution in [2.75, 3.05) is 19.6 Å². The van der Waals surface area contributed by atoms with Crippen LogP contribution in [0.15, 0.2) is 29.9 Å². The zero-order valence-corrected chi connectivity index (χ0v) is 14.5. The number of hydrogen-bond acceptors (Lipinski definition) is 5. The second-order valence-corrected chi connectivity index (χ2v) is 7.61. The van der Waals surface area contributed by atoms with Crippen molar-refractivity contribution in [3.8, 4) is 0 Å². The predicted molar refractivity (Wildman–Crippen MR) is 91.9 cm³/mol. The van der Waals surface area contributed by atoms with Crippen molar-refractivity contribution < 1.29 is 9.53 Å². The summed E-state index contributed by atoms with van der Waals surface area (Å²) in [4.78, 5) is 18.9. The largest absolute Gasteiger partial charge is 0.371 e. The molecule has 2 aliphatic rings. The number of rotatable bonds is 5. The van der Waals surface area contributed by atoms with Crippen molar-refractivity contribution in [2.45, 2.75) is 25.2 Å². The van der Waals surface area contributed by atoms with Crippen LogP contribution in [0.3, 0.4) is 0 Å². The number of carbonyl (C=O) groups is 1. The van der Waals surface area contributed by atoms with Crippen LogP contribution in [0.4, 0.5) is 0 Å². The molecule has 0 aliphatic carbocycles. The normalized spacial score (nSPS) is 26.6. The topological polar surface area (TPSA) is 59.4 Å². The number of fused-ring (bicyclic) bond motifs is 1. The number of carbonyl (C=O) groups excluding carboxylic acids is 1. The summed E-state index contributed by atoms with van der Waals surface area (Å²) in [6.07, 6.45) is 5.18. The molecule has 0 radical (unpaired) electrons. The van der Waals surface area contributed by atoms with Crippen LogP contribution < -0.4 is 5.32 Å². The van der Waals surface area contributed by atoms with Crippen molar-refractivity contribution >= 4 is 17.2 Å². The third-order valence-corrected chi connectivity index (χ3v) is 5.66. The lowest BCUT2D eigenvalue weighted by Gasteiger charge is -2.18. The number of ether oxygens (including phenoxy) is 1. The third kappa shape index (κ3) is 3.24. The van der Waals surface area contributed by atoms with E-state index in [0.717, 1.165) is 26.1 Å². The predicted octanol–water partition coefficient (Wildman–Crippen LogP) is 1.50.